The molecule has 2 aliphatic rings. The molecule has 0 atom stereocenters. The van der Waals surface area contributed by atoms with E-state index in [2.05, 4.69) is 4.90 Å². The first kappa shape index (κ1) is 13.6. The fourth-order valence-electron chi connectivity index (χ4n) is 3.06. The molecule has 20 heavy (non-hydrogen) atoms. The lowest BCUT2D eigenvalue weighted by atomic mass is 9.98. The maximum atomic E-state index is 13.9. The summed E-state index contributed by atoms with van der Waals surface area (Å²) in [5.74, 6) is -1.34. The first-order chi connectivity index (χ1) is 9.65. The molecule has 0 amide bonds. The number of halogens is 1. The lowest BCUT2D eigenvalue weighted by Gasteiger charge is -2.27. The number of likely N-dealkylation sites (tertiary alicyclic amines) is 1. The van der Waals surface area contributed by atoms with Gasteiger partial charge in [0.25, 0.3) is 0 Å². The average molecular weight is 277 g/mol. The number of carboxylic acids is 1. The van der Waals surface area contributed by atoms with Crippen LogP contribution in [-0.4, -0.2) is 29.1 Å². The molecule has 0 radical (unpaired) electrons. The molecule has 0 aromatic heterocycles. The van der Waals surface area contributed by atoms with Crippen molar-refractivity contribution in [1.29, 1.82) is 0 Å². The molecule has 0 spiro atoms. The molecule has 1 aromatic carbocycles. The van der Waals surface area contributed by atoms with E-state index < -0.39 is 11.8 Å². The van der Waals surface area contributed by atoms with Gasteiger partial charge in [0.05, 0.1) is 5.56 Å². The summed E-state index contributed by atoms with van der Waals surface area (Å²) in [6.45, 7) is 2.88. The number of aromatic carboxylic acids is 1. The van der Waals surface area contributed by atoms with Gasteiger partial charge in [-0.3, -0.25) is 4.90 Å². The van der Waals surface area contributed by atoms with Gasteiger partial charge in [-0.05, 0) is 68.0 Å². The molecule has 3 rings (SSSR count). The van der Waals surface area contributed by atoms with Crippen LogP contribution in [0.4, 0.5) is 4.39 Å². The van der Waals surface area contributed by atoms with Gasteiger partial charge >= 0.3 is 5.97 Å². The monoisotopic (exact) mass is 277 g/mol. The number of hydrogen-bond acceptors (Lipinski definition) is 2. The van der Waals surface area contributed by atoms with Crippen molar-refractivity contribution < 1.29 is 14.3 Å². The van der Waals surface area contributed by atoms with Gasteiger partial charge in [0.2, 0.25) is 0 Å². The van der Waals surface area contributed by atoms with Crippen molar-refractivity contribution in [2.24, 2.45) is 0 Å². The van der Waals surface area contributed by atoms with Crippen LogP contribution in [0, 0.1) is 5.82 Å². The third-order valence-corrected chi connectivity index (χ3v) is 4.32. The molecule has 108 valence electrons. The molecular formula is C16H20FNO2. The van der Waals surface area contributed by atoms with Gasteiger partial charge in [-0.25, -0.2) is 9.18 Å². The molecule has 4 heteroatoms. The number of piperidine rings is 1. The Bertz CT molecular complexity index is 519. The Morgan fingerprint density at radius 3 is 2.55 bits per heavy atom. The Balaban J connectivity index is 1.88. The maximum absolute atomic E-state index is 13.9. The summed E-state index contributed by atoms with van der Waals surface area (Å²) in [4.78, 5) is 13.4. The van der Waals surface area contributed by atoms with Gasteiger partial charge in [0.1, 0.15) is 5.82 Å². The highest BCUT2D eigenvalue weighted by Crippen LogP contribution is 2.42. The Kier molecular flexibility index (Phi) is 3.74. The van der Waals surface area contributed by atoms with Crippen LogP contribution in [0.15, 0.2) is 12.1 Å². The number of carboxylic acid groups (broad SMARTS) is 1. The fraction of sp³-hybridized carbons (Fsp3) is 0.562. The molecule has 2 fully saturated rings. The van der Waals surface area contributed by atoms with Gasteiger partial charge in [0.15, 0.2) is 0 Å². The lowest BCUT2D eigenvalue weighted by molar-refractivity contribution is 0.0691. The molecule has 1 heterocycles. The first-order valence-corrected chi connectivity index (χ1v) is 7.43. The smallest absolute Gasteiger partial charge is 0.338 e. The molecular weight excluding hydrogens is 257 g/mol. The molecule has 1 saturated carbocycles. The van der Waals surface area contributed by atoms with Crippen molar-refractivity contribution in [3.05, 3.63) is 34.6 Å². The molecule has 0 unspecified atom stereocenters. The normalized spacial score (nSPS) is 20.1. The predicted molar refractivity (Wildman–Crippen MR) is 74.5 cm³/mol. The number of hydrogen-bond donors (Lipinski definition) is 1. The third-order valence-electron chi connectivity index (χ3n) is 4.32. The average Bonchev–Trinajstić information content (AvgIpc) is 3.24. The first-order valence-electron chi connectivity index (χ1n) is 7.43. The Morgan fingerprint density at radius 2 is 1.95 bits per heavy atom. The van der Waals surface area contributed by atoms with Crippen LogP contribution in [0.2, 0.25) is 0 Å². The zero-order valence-corrected chi connectivity index (χ0v) is 11.6. The van der Waals surface area contributed by atoms with Gasteiger partial charge in [-0.15, -0.1) is 0 Å². The van der Waals surface area contributed by atoms with E-state index in [1.54, 1.807) is 6.07 Å². The Hall–Kier alpha value is -1.42. The van der Waals surface area contributed by atoms with Crippen molar-refractivity contribution in [2.45, 2.75) is 44.6 Å². The summed E-state index contributed by atoms with van der Waals surface area (Å²) in [6.07, 6.45) is 5.87. The van der Waals surface area contributed by atoms with Crippen molar-refractivity contribution >= 4 is 5.97 Å². The molecule has 1 aliphatic heterocycles. The van der Waals surface area contributed by atoms with Gasteiger partial charge in [0, 0.05) is 6.54 Å². The highest BCUT2D eigenvalue weighted by molar-refractivity contribution is 5.88. The molecule has 1 N–H and O–H groups in total. The summed E-state index contributed by atoms with van der Waals surface area (Å²) in [5, 5.41) is 9.05. The van der Waals surface area contributed by atoms with E-state index in [0.717, 1.165) is 43.6 Å². The predicted octanol–water partition coefficient (Wildman–Crippen LogP) is 3.39. The summed E-state index contributed by atoms with van der Waals surface area (Å²) >= 11 is 0. The largest absolute Gasteiger partial charge is 0.478 e. The van der Waals surface area contributed by atoms with Crippen LogP contribution >= 0.6 is 0 Å². The van der Waals surface area contributed by atoms with E-state index in [9.17, 15) is 9.18 Å². The number of carbonyl (C=O) groups is 1. The van der Waals surface area contributed by atoms with E-state index in [1.165, 1.54) is 25.3 Å². The molecule has 0 bridgehead atoms. The zero-order valence-electron chi connectivity index (χ0n) is 11.6. The minimum Gasteiger partial charge on any atom is -0.478 e. The molecule has 1 aromatic rings. The van der Waals surface area contributed by atoms with Gasteiger partial charge < -0.3 is 5.11 Å². The second-order valence-corrected chi connectivity index (χ2v) is 5.95. The summed E-state index contributed by atoms with van der Waals surface area (Å²) in [6, 6.07) is 3.01. The van der Waals surface area contributed by atoms with Crippen LogP contribution in [0.1, 0.15) is 59.5 Å². The topological polar surface area (TPSA) is 40.5 Å². The molecule has 3 nitrogen and oxygen atoms in total. The molecule has 1 saturated heterocycles. The van der Waals surface area contributed by atoms with E-state index >= 15 is 0 Å². The standard InChI is InChI=1S/C16H20FNO2/c17-15-8-12(10-18-6-2-1-3-7-18)13(11-4-5-11)9-14(15)16(19)20/h8-9,11H,1-7,10H2,(H,19,20). The summed E-state index contributed by atoms with van der Waals surface area (Å²) in [5.41, 5.74) is 1.85. The SMILES string of the molecule is O=C(O)c1cc(C2CC2)c(CN2CCCCC2)cc1F. The number of nitrogens with zero attached hydrogens (tertiary/aromatic N) is 1. The van der Waals surface area contributed by atoms with Crippen LogP contribution in [-0.2, 0) is 6.54 Å². The van der Waals surface area contributed by atoms with Crippen LogP contribution < -0.4 is 0 Å². The van der Waals surface area contributed by atoms with E-state index in [-0.39, 0.29) is 5.56 Å². The second-order valence-electron chi connectivity index (χ2n) is 5.95. The summed E-state index contributed by atoms with van der Waals surface area (Å²) < 4.78 is 13.9. The number of benzene rings is 1. The lowest BCUT2D eigenvalue weighted by Crippen LogP contribution is -2.29. The van der Waals surface area contributed by atoms with Crippen LogP contribution in [0.3, 0.4) is 0 Å². The Labute approximate surface area is 118 Å². The second kappa shape index (κ2) is 5.52. The van der Waals surface area contributed by atoms with E-state index in [4.69, 9.17) is 5.11 Å². The van der Waals surface area contributed by atoms with Crippen molar-refractivity contribution in [3.63, 3.8) is 0 Å². The van der Waals surface area contributed by atoms with Gasteiger partial charge in [-0.1, -0.05) is 6.42 Å². The molecule has 1 aliphatic carbocycles. The fourth-order valence-corrected chi connectivity index (χ4v) is 3.06. The highest BCUT2D eigenvalue weighted by atomic mass is 19.1. The van der Waals surface area contributed by atoms with Crippen LogP contribution in [0.5, 0.6) is 0 Å². The summed E-state index contributed by atoms with van der Waals surface area (Å²) in [7, 11) is 0. The Morgan fingerprint density at radius 1 is 1.25 bits per heavy atom. The van der Waals surface area contributed by atoms with Gasteiger partial charge in [-0.2, -0.15) is 0 Å². The quantitative estimate of drug-likeness (QED) is 0.917. The van der Waals surface area contributed by atoms with E-state index in [1.807, 2.05) is 0 Å². The van der Waals surface area contributed by atoms with E-state index in [0.29, 0.717) is 5.92 Å². The minimum absolute atomic E-state index is 0.186. The van der Waals surface area contributed by atoms with Crippen molar-refractivity contribution in [3.8, 4) is 0 Å². The highest BCUT2D eigenvalue weighted by Gasteiger charge is 2.29. The zero-order chi connectivity index (χ0) is 14.1. The minimum atomic E-state index is -1.17. The van der Waals surface area contributed by atoms with Crippen LogP contribution in [0.25, 0.3) is 0 Å². The van der Waals surface area contributed by atoms with Crippen molar-refractivity contribution in [1.82, 2.24) is 4.90 Å². The maximum Gasteiger partial charge on any atom is 0.338 e. The van der Waals surface area contributed by atoms with Crippen molar-refractivity contribution in [2.75, 3.05) is 13.1 Å². The number of rotatable bonds is 4. The third kappa shape index (κ3) is 2.85.